The molecule has 0 saturated heterocycles. The highest BCUT2D eigenvalue weighted by atomic mass is 19.2. The summed E-state index contributed by atoms with van der Waals surface area (Å²) in [7, 11) is 0. The first kappa shape index (κ1) is 11.4. The maximum atomic E-state index is 13.3. The standard InChI is InChI=1S/C13H15F2N3/c14-10-4-3-9(5-11(10)15)12-6-17-13(16)18(12)7-8-1-2-8/h3-5,8,12H,1-2,6-7H2,(H2,16,17). The van der Waals surface area contributed by atoms with Crippen LogP contribution in [0.4, 0.5) is 8.78 Å². The first-order chi connectivity index (χ1) is 8.65. The maximum Gasteiger partial charge on any atom is 0.191 e. The fourth-order valence-electron chi connectivity index (χ4n) is 2.33. The van der Waals surface area contributed by atoms with Crippen LogP contribution in [0, 0.1) is 17.6 Å². The Morgan fingerprint density at radius 3 is 2.72 bits per heavy atom. The van der Waals surface area contributed by atoms with Crippen molar-refractivity contribution in [2.75, 3.05) is 13.1 Å². The first-order valence-corrected chi connectivity index (χ1v) is 6.16. The maximum absolute atomic E-state index is 13.3. The molecule has 0 amide bonds. The largest absolute Gasteiger partial charge is 0.370 e. The number of halogens is 2. The smallest absolute Gasteiger partial charge is 0.191 e. The van der Waals surface area contributed by atoms with Crippen LogP contribution in [0.2, 0.25) is 0 Å². The lowest BCUT2D eigenvalue weighted by atomic mass is 10.1. The molecular formula is C13H15F2N3. The summed E-state index contributed by atoms with van der Waals surface area (Å²) in [6, 6.07) is 3.96. The van der Waals surface area contributed by atoms with Gasteiger partial charge in [0.1, 0.15) is 0 Å². The second-order valence-corrected chi connectivity index (χ2v) is 4.98. The summed E-state index contributed by atoms with van der Waals surface area (Å²) in [6.45, 7) is 1.38. The number of rotatable bonds is 3. The summed E-state index contributed by atoms with van der Waals surface area (Å²) in [4.78, 5) is 6.22. The lowest BCUT2D eigenvalue weighted by Crippen LogP contribution is -2.37. The Kier molecular flexibility index (Phi) is 2.69. The third-order valence-electron chi connectivity index (χ3n) is 3.58. The van der Waals surface area contributed by atoms with Crippen LogP contribution in [0.15, 0.2) is 23.2 Å². The minimum absolute atomic E-state index is 0.0549. The topological polar surface area (TPSA) is 41.6 Å². The summed E-state index contributed by atoms with van der Waals surface area (Å²) < 4.78 is 26.2. The van der Waals surface area contributed by atoms with E-state index >= 15 is 0 Å². The quantitative estimate of drug-likeness (QED) is 0.893. The molecule has 0 radical (unpaired) electrons. The van der Waals surface area contributed by atoms with Crippen LogP contribution in [-0.2, 0) is 0 Å². The van der Waals surface area contributed by atoms with Gasteiger partial charge in [0.2, 0.25) is 0 Å². The predicted molar refractivity (Wildman–Crippen MR) is 65.0 cm³/mol. The van der Waals surface area contributed by atoms with E-state index in [2.05, 4.69) is 4.99 Å². The molecule has 3 nitrogen and oxygen atoms in total. The van der Waals surface area contributed by atoms with Gasteiger partial charge in [0.05, 0.1) is 12.6 Å². The van der Waals surface area contributed by atoms with Gasteiger partial charge in [0.15, 0.2) is 17.6 Å². The zero-order valence-electron chi connectivity index (χ0n) is 9.94. The SMILES string of the molecule is NC1=NCC(c2ccc(F)c(F)c2)N1CC1CC1. The van der Waals surface area contributed by atoms with Gasteiger partial charge < -0.3 is 10.6 Å². The summed E-state index contributed by atoms with van der Waals surface area (Å²) in [5.74, 6) is -0.454. The van der Waals surface area contributed by atoms with E-state index in [1.807, 2.05) is 4.90 Å². The number of aliphatic imine (C=N–C) groups is 1. The van der Waals surface area contributed by atoms with Gasteiger partial charge in [-0.1, -0.05) is 6.07 Å². The lowest BCUT2D eigenvalue weighted by Gasteiger charge is -2.26. The summed E-state index contributed by atoms with van der Waals surface area (Å²) in [5, 5.41) is 0. The third kappa shape index (κ3) is 2.05. The fourth-order valence-corrected chi connectivity index (χ4v) is 2.33. The number of guanidine groups is 1. The van der Waals surface area contributed by atoms with Gasteiger partial charge in [-0.15, -0.1) is 0 Å². The Labute approximate surface area is 104 Å². The molecular weight excluding hydrogens is 236 g/mol. The van der Waals surface area contributed by atoms with Crippen molar-refractivity contribution in [1.82, 2.24) is 4.90 Å². The van der Waals surface area contributed by atoms with E-state index in [9.17, 15) is 8.78 Å². The molecule has 1 atom stereocenters. The van der Waals surface area contributed by atoms with Crippen molar-refractivity contribution in [3.8, 4) is 0 Å². The van der Waals surface area contributed by atoms with Gasteiger partial charge in [-0.3, -0.25) is 4.99 Å². The molecule has 0 spiro atoms. The van der Waals surface area contributed by atoms with E-state index in [0.29, 0.717) is 18.4 Å². The van der Waals surface area contributed by atoms with Crippen LogP contribution in [0.3, 0.4) is 0 Å². The Hall–Kier alpha value is -1.65. The molecule has 1 heterocycles. The molecule has 1 aromatic carbocycles. The van der Waals surface area contributed by atoms with Crippen molar-refractivity contribution in [2.24, 2.45) is 16.6 Å². The molecule has 1 saturated carbocycles. The predicted octanol–water partition coefficient (Wildman–Crippen LogP) is 2.05. The number of hydrogen-bond acceptors (Lipinski definition) is 3. The van der Waals surface area contributed by atoms with Crippen molar-refractivity contribution in [2.45, 2.75) is 18.9 Å². The van der Waals surface area contributed by atoms with E-state index in [1.54, 1.807) is 6.07 Å². The molecule has 1 fully saturated rings. The molecule has 5 heteroatoms. The molecule has 18 heavy (non-hydrogen) atoms. The number of benzene rings is 1. The molecule has 96 valence electrons. The summed E-state index contributed by atoms with van der Waals surface area (Å²) >= 11 is 0. The normalized spacial score (nSPS) is 23.3. The van der Waals surface area contributed by atoms with Crippen molar-refractivity contribution in [1.29, 1.82) is 0 Å². The van der Waals surface area contributed by atoms with Crippen LogP contribution >= 0.6 is 0 Å². The second kappa shape index (κ2) is 4.23. The van der Waals surface area contributed by atoms with Gasteiger partial charge in [0, 0.05) is 6.54 Å². The summed E-state index contributed by atoms with van der Waals surface area (Å²) in [6.07, 6.45) is 2.43. The van der Waals surface area contributed by atoms with E-state index in [0.717, 1.165) is 18.2 Å². The number of nitrogens with zero attached hydrogens (tertiary/aromatic N) is 2. The average Bonchev–Trinajstić information content (AvgIpc) is 3.09. The van der Waals surface area contributed by atoms with Gasteiger partial charge in [-0.05, 0) is 36.5 Å². The van der Waals surface area contributed by atoms with Gasteiger partial charge >= 0.3 is 0 Å². The lowest BCUT2D eigenvalue weighted by molar-refractivity contribution is 0.332. The minimum atomic E-state index is -0.820. The Morgan fingerprint density at radius 2 is 2.06 bits per heavy atom. The Bertz CT molecular complexity index is 497. The van der Waals surface area contributed by atoms with E-state index < -0.39 is 11.6 Å². The van der Waals surface area contributed by atoms with Crippen molar-refractivity contribution < 1.29 is 8.78 Å². The molecule has 2 aliphatic rings. The molecule has 3 rings (SSSR count). The van der Waals surface area contributed by atoms with Crippen molar-refractivity contribution in [3.63, 3.8) is 0 Å². The van der Waals surface area contributed by atoms with E-state index in [1.165, 1.54) is 18.9 Å². The minimum Gasteiger partial charge on any atom is -0.370 e. The highest BCUT2D eigenvalue weighted by Crippen LogP contribution is 2.34. The number of hydrogen-bond donors (Lipinski definition) is 1. The van der Waals surface area contributed by atoms with Crippen LogP contribution in [0.25, 0.3) is 0 Å². The second-order valence-electron chi connectivity index (χ2n) is 4.98. The van der Waals surface area contributed by atoms with Gasteiger partial charge in [0.25, 0.3) is 0 Å². The molecule has 1 unspecified atom stereocenters. The van der Waals surface area contributed by atoms with Crippen LogP contribution in [-0.4, -0.2) is 23.9 Å². The highest BCUT2D eigenvalue weighted by Gasteiger charge is 2.33. The van der Waals surface area contributed by atoms with Gasteiger partial charge in [-0.2, -0.15) is 0 Å². The van der Waals surface area contributed by atoms with Crippen molar-refractivity contribution >= 4 is 5.96 Å². The average molecular weight is 251 g/mol. The van der Waals surface area contributed by atoms with Crippen LogP contribution < -0.4 is 5.73 Å². The van der Waals surface area contributed by atoms with Crippen molar-refractivity contribution in [3.05, 3.63) is 35.4 Å². The molecule has 1 aliphatic carbocycles. The highest BCUT2D eigenvalue weighted by molar-refractivity contribution is 5.80. The van der Waals surface area contributed by atoms with E-state index in [-0.39, 0.29) is 6.04 Å². The zero-order valence-corrected chi connectivity index (χ0v) is 9.94. The fraction of sp³-hybridized carbons (Fsp3) is 0.462. The zero-order chi connectivity index (χ0) is 12.7. The van der Waals surface area contributed by atoms with E-state index in [4.69, 9.17) is 5.73 Å². The Balaban J connectivity index is 1.83. The molecule has 2 N–H and O–H groups in total. The monoisotopic (exact) mass is 251 g/mol. The summed E-state index contributed by atoms with van der Waals surface area (Å²) in [5.41, 5.74) is 6.59. The molecule has 1 aromatic rings. The molecule has 0 aromatic heterocycles. The molecule has 0 bridgehead atoms. The van der Waals surface area contributed by atoms with Crippen LogP contribution in [0.1, 0.15) is 24.4 Å². The number of nitrogens with two attached hydrogens (primary N) is 1. The Morgan fingerprint density at radius 1 is 1.28 bits per heavy atom. The third-order valence-corrected chi connectivity index (χ3v) is 3.58. The van der Waals surface area contributed by atoms with Crippen LogP contribution in [0.5, 0.6) is 0 Å². The molecule has 1 aliphatic heterocycles. The van der Waals surface area contributed by atoms with Gasteiger partial charge in [-0.25, -0.2) is 8.78 Å². The first-order valence-electron chi connectivity index (χ1n) is 6.16.